The Balaban J connectivity index is 1.20. The van der Waals surface area contributed by atoms with Crippen molar-refractivity contribution in [3.63, 3.8) is 0 Å². The first-order chi connectivity index (χ1) is 17.0. The number of hydrogen-bond donors (Lipinski definition) is 2. The Hall–Kier alpha value is -2.93. The number of aliphatic hydroxyl groups excluding tert-OH is 1. The van der Waals surface area contributed by atoms with E-state index >= 15 is 0 Å². The quantitative estimate of drug-likeness (QED) is 0.566. The molecule has 1 amide bonds. The number of rotatable bonds is 9. The van der Waals surface area contributed by atoms with Crippen LogP contribution in [0.4, 0.5) is 5.95 Å². The molecule has 1 fully saturated rings. The monoisotopic (exact) mass is 478 g/mol. The summed E-state index contributed by atoms with van der Waals surface area (Å²) in [6.07, 6.45) is 11.1. The number of aromatic nitrogens is 2. The lowest BCUT2D eigenvalue weighted by Gasteiger charge is -2.31. The van der Waals surface area contributed by atoms with Gasteiger partial charge in [0.05, 0.1) is 12.7 Å². The predicted octanol–water partition coefficient (Wildman–Crippen LogP) is 4.01. The summed E-state index contributed by atoms with van der Waals surface area (Å²) < 4.78 is 6.11. The minimum Gasteiger partial charge on any atom is -0.493 e. The van der Waals surface area contributed by atoms with Crippen LogP contribution in [0.5, 0.6) is 5.75 Å². The molecule has 0 radical (unpaired) electrons. The summed E-state index contributed by atoms with van der Waals surface area (Å²) in [7, 11) is 0. The topological polar surface area (TPSA) is 87.6 Å². The number of aryl methyl sites for hydroxylation is 1. The molecule has 0 bridgehead atoms. The molecule has 1 aromatic carbocycles. The Bertz CT molecular complexity index is 980. The van der Waals surface area contributed by atoms with Gasteiger partial charge in [0, 0.05) is 37.9 Å². The lowest BCUT2D eigenvalue weighted by molar-refractivity contribution is -0.125. The highest BCUT2D eigenvalue weighted by Crippen LogP contribution is 2.31. The Labute approximate surface area is 208 Å². The van der Waals surface area contributed by atoms with Crippen molar-refractivity contribution < 1.29 is 14.6 Å². The third kappa shape index (κ3) is 7.04. The van der Waals surface area contributed by atoms with E-state index in [0.717, 1.165) is 69.9 Å². The maximum Gasteiger partial charge on any atom is 0.225 e. The first-order valence-corrected chi connectivity index (χ1v) is 13.0. The molecule has 2 heterocycles. The fourth-order valence-electron chi connectivity index (χ4n) is 4.70. The summed E-state index contributed by atoms with van der Waals surface area (Å²) in [4.78, 5) is 23.5. The van der Waals surface area contributed by atoms with Gasteiger partial charge in [0.1, 0.15) is 5.75 Å². The second-order valence-corrected chi connectivity index (χ2v) is 9.81. The van der Waals surface area contributed by atoms with E-state index in [9.17, 15) is 9.90 Å². The van der Waals surface area contributed by atoms with E-state index in [1.165, 1.54) is 16.7 Å². The van der Waals surface area contributed by atoms with E-state index in [0.29, 0.717) is 12.5 Å². The zero-order chi connectivity index (χ0) is 24.6. The fourth-order valence-corrected chi connectivity index (χ4v) is 4.70. The van der Waals surface area contributed by atoms with Gasteiger partial charge in [-0.3, -0.25) is 4.79 Å². The average Bonchev–Trinajstić information content (AvgIpc) is 2.91. The van der Waals surface area contributed by atoms with Crippen molar-refractivity contribution in [1.82, 2.24) is 15.3 Å². The number of aliphatic hydroxyl groups is 1. The number of hydrogen-bond acceptors (Lipinski definition) is 6. The van der Waals surface area contributed by atoms with Crippen molar-refractivity contribution in [3.8, 4) is 5.75 Å². The van der Waals surface area contributed by atoms with Gasteiger partial charge < -0.3 is 20.1 Å². The number of piperidine rings is 1. The number of carbonyl (C=O) groups is 1. The van der Waals surface area contributed by atoms with Gasteiger partial charge in [-0.2, -0.15) is 0 Å². The van der Waals surface area contributed by atoms with Crippen LogP contribution in [0.1, 0.15) is 57.1 Å². The minimum atomic E-state index is -0.514. The average molecular weight is 479 g/mol. The van der Waals surface area contributed by atoms with Crippen LogP contribution < -0.4 is 15.0 Å². The summed E-state index contributed by atoms with van der Waals surface area (Å²) in [6.45, 7) is 6.76. The van der Waals surface area contributed by atoms with Crippen molar-refractivity contribution >= 4 is 17.4 Å². The molecular weight excluding hydrogens is 440 g/mol. The highest BCUT2D eigenvalue weighted by molar-refractivity contribution is 5.80. The third-order valence-corrected chi connectivity index (χ3v) is 7.06. The van der Waals surface area contributed by atoms with Crippen LogP contribution in [0.15, 0.2) is 42.7 Å². The normalized spacial score (nSPS) is 19.7. The molecule has 0 saturated carbocycles. The highest BCUT2D eigenvalue weighted by Gasteiger charge is 2.23. The molecule has 1 aliphatic carbocycles. The van der Waals surface area contributed by atoms with Gasteiger partial charge in [-0.25, -0.2) is 9.97 Å². The summed E-state index contributed by atoms with van der Waals surface area (Å²) in [5.41, 5.74) is 3.66. The van der Waals surface area contributed by atoms with Crippen molar-refractivity contribution in [2.75, 3.05) is 31.1 Å². The molecule has 1 unspecified atom stereocenters. The Kier molecular flexibility index (Phi) is 8.74. The molecule has 2 aliphatic rings. The van der Waals surface area contributed by atoms with Crippen molar-refractivity contribution in [2.45, 2.75) is 58.5 Å². The van der Waals surface area contributed by atoms with E-state index in [1.807, 2.05) is 12.4 Å². The molecule has 7 heteroatoms. The van der Waals surface area contributed by atoms with Gasteiger partial charge in [0.15, 0.2) is 0 Å². The molecule has 7 nitrogen and oxygen atoms in total. The SMILES string of the molecule is CCc1cnc(N2CCC(COc3ccc(C4=CCC(C(=O)NC[C@@H](C)O)CC4)cc3)CC2)nc1. The Morgan fingerprint density at radius 2 is 1.89 bits per heavy atom. The summed E-state index contributed by atoms with van der Waals surface area (Å²) in [5, 5.41) is 12.2. The molecule has 2 aromatic rings. The first-order valence-electron chi connectivity index (χ1n) is 13.0. The smallest absolute Gasteiger partial charge is 0.225 e. The van der Waals surface area contributed by atoms with Crippen LogP contribution >= 0.6 is 0 Å². The molecule has 1 saturated heterocycles. The number of amides is 1. The molecule has 2 N–H and O–H groups in total. The lowest BCUT2D eigenvalue weighted by Crippen LogP contribution is -2.36. The van der Waals surface area contributed by atoms with Crippen molar-refractivity contribution in [2.24, 2.45) is 11.8 Å². The van der Waals surface area contributed by atoms with E-state index < -0.39 is 6.10 Å². The van der Waals surface area contributed by atoms with Crippen LogP contribution in [0.2, 0.25) is 0 Å². The number of carbonyl (C=O) groups excluding carboxylic acids is 1. The van der Waals surface area contributed by atoms with Crippen molar-refractivity contribution in [1.29, 1.82) is 0 Å². The van der Waals surface area contributed by atoms with Gasteiger partial charge in [-0.05, 0) is 80.2 Å². The van der Waals surface area contributed by atoms with Crippen LogP contribution in [-0.4, -0.2) is 53.3 Å². The number of ether oxygens (including phenoxy) is 1. The highest BCUT2D eigenvalue weighted by atomic mass is 16.5. The number of nitrogens with one attached hydrogen (secondary N) is 1. The molecule has 2 atom stereocenters. The summed E-state index contributed by atoms with van der Waals surface area (Å²) in [6, 6.07) is 8.34. The second-order valence-electron chi connectivity index (χ2n) is 9.81. The van der Waals surface area contributed by atoms with Gasteiger partial charge >= 0.3 is 0 Å². The number of nitrogens with zero attached hydrogens (tertiary/aromatic N) is 3. The number of allylic oxidation sites excluding steroid dienone is 2. The maximum absolute atomic E-state index is 12.2. The molecule has 1 aliphatic heterocycles. The molecule has 1 aromatic heterocycles. The Morgan fingerprint density at radius 3 is 2.49 bits per heavy atom. The standard InChI is InChI=1S/C28H38N4O3/c1-3-21-17-30-28(31-18-21)32-14-12-22(13-15-32)19-35-26-10-8-24(9-11-26)23-4-6-25(7-5-23)27(34)29-16-20(2)33/h4,8-11,17-18,20,22,25,33H,3,5-7,12-16,19H2,1-2H3,(H,29,34)/t20-,25?/m1/s1. The van der Waals surface area contributed by atoms with Gasteiger partial charge in [-0.15, -0.1) is 0 Å². The zero-order valence-corrected chi connectivity index (χ0v) is 20.9. The summed E-state index contributed by atoms with van der Waals surface area (Å²) >= 11 is 0. The van der Waals surface area contributed by atoms with E-state index in [1.54, 1.807) is 6.92 Å². The molecule has 35 heavy (non-hydrogen) atoms. The second kappa shape index (κ2) is 12.2. The fraction of sp³-hybridized carbons (Fsp3) is 0.536. The molecule has 4 rings (SSSR count). The third-order valence-electron chi connectivity index (χ3n) is 7.06. The van der Waals surface area contributed by atoms with E-state index in [2.05, 4.69) is 57.4 Å². The van der Waals surface area contributed by atoms with Crippen LogP contribution in [0, 0.1) is 11.8 Å². The largest absolute Gasteiger partial charge is 0.493 e. The molecular formula is C28H38N4O3. The number of benzene rings is 1. The van der Waals surface area contributed by atoms with Crippen LogP contribution in [-0.2, 0) is 11.2 Å². The summed E-state index contributed by atoms with van der Waals surface area (Å²) in [5.74, 6) is 2.31. The van der Waals surface area contributed by atoms with Crippen LogP contribution in [0.3, 0.4) is 0 Å². The predicted molar refractivity (Wildman–Crippen MR) is 138 cm³/mol. The minimum absolute atomic E-state index is 0.00575. The van der Waals surface area contributed by atoms with E-state index in [-0.39, 0.29) is 11.8 Å². The maximum atomic E-state index is 12.2. The Morgan fingerprint density at radius 1 is 1.17 bits per heavy atom. The molecule has 188 valence electrons. The number of anilines is 1. The first kappa shape index (κ1) is 25.2. The van der Waals surface area contributed by atoms with Crippen LogP contribution in [0.25, 0.3) is 5.57 Å². The lowest BCUT2D eigenvalue weighted by atomic mass is 9.86. The van der Waals surface area contributed by atoms with Gasteiger partial charge in [-0.1, -0.05) is 25.1 Å². The van der Waals surface area contributed by atoms with Crippen molar-refractivity contribution in [3.05, 3.63) is 53.9 Å². The van der Waals surface area contributed by atoms with E-state index in [4.69, 9.17) is 4.74 Å². The molecule has 0 spiro atoms. The zero-order valence-electron chi connectivity index (χ0n) is 20.9. The van der Waals surface area contributed by atoms with Gasteiger partial charge in [0.25, 0.3) is 0 Å². The van der Waals surface area contributed by atoms with Gasteiger partial charge in [0.2, 0.25) is 11.9 Å².